The molecule has 1 saturated heterocycles. The van der Waals surface area contributed by atoms with Crippen LogP contribution in [0.2, 0.25) is 0 Å². The molecule has 0 radical (unpaired) electrons. The first kappa shape index (κ1) is 22.5. The monoisotopic (exact) mass is 376 g/mol. The quantitative estimate of drug-likeness (QED) is 0.547. The van der Waals surface area contributed by atoms with Crippen LogP contribution in [0.4, 0.5) is 0 Å². The van der Waals surface area contributed by atoms with Crippen LogP contribution >= 0.6 is 11.8 Å². The highest BCUT2D eigenvalue weighted by Gasteiger charge is 2.24. The zero-order valence-electron chi connectivity index (χ0n) is 16.5. The van der Waals surface area contributed by atoms with Crippen LogP contribution in [0.3, 0.4) is 0 Å². The Bertz CT molecular complexity index is 562. The van der Waals surface area contributed by atoms with Gasteiger partial charge >= 0.3 is 5.97 Å². The molecule has 0 bridgehead atoms. The van der Waals surface area contributed by atoms with Crippen molar-refractivity contribution in [1.82, 2.24) is 0 Å². The van der Waals surface area contributed by atoms with Crippen molar-refractivity contribution >= 4 is 23.5 Å². The summed E-state index contributed by atoms with van der Waals surface area (Å²) in [6.45, 7) is 7.77. The van der Waals surface area contributed by atoms with Crippen molar-refractivity contribution in [2.75, 3.05) is 11.5 Å². The van der Waals surface area contributed by atoms with Crippen LogP contribution in [0.1, 0.15) is 51.7 Å². The van der Waals surface area contributed by atoms with Gasteiger partial charge in [-0.05, 0) is 49.3 Å². The van der Waals surface area contributed by atoms with Crippen LogP contribution in [0.25, 0.3) is 0 Å². The third kappa shape index (κ3) is 9.23. The van der Waals surface area contributed by atoms with Gasteiger partial charge in [0.15, 0.2) is 0 Å². The van der Waals surface area contributed by atoms with Crippen molar-refractivity contribution in [3.8, 4) is 0 Å². The zero-order chi connectivity index (χ0) is 19.4. The zero-order valence-corrected chi connectivity index (χ0v) is 17.3. The Hall–Kier alpha value is -1.55. The van der Waals surface area contributed by atoms with Crippen LogP contribution < -0.4 is 0 Å². The minimum Gasteiger partial charge on any atom is -0.462 e. The van der Waals surface area contributed by atoms with Gasteiger partial charge in [0.2, 0.25) is 0 Å². The average molecular weight is 377 g/mol. The van der Waals surface area contributed by atoms with E-state index in [9.17, 15) is 9.59 Å². The van der Waals surface area contributed by atoms with Crippen LogP contribution in [0.5, 0.6) is 0 Å². The predicted molar refractivity (Wildman–Crippen MR) is 111 cm³/mol. The molecule has 144 valence electrons. The van der Waals surface area contributed by atoms with Crippen LogP contribution in [0, 0.1) is 5.92 Å². The molecule has 0 spiro atoms. The van der Waals surface area contributed by atoms with Crippen molar-refractivity contribution in [3.05, 3.63) is 47.5 Å². The van der Waals surface area contributed by atoms with Crippen molar-refractivity contribution < 1.29 is 14.3 Å². The summed E-state index contributed by atoms with van der Waals surface area (Å²) in [5.41, 5.74) is 2.52. The molecule has 1 aromatic carbocycles. The van der Waals surface area contributed by atoms with E-state index in [0.717, 1.165) is 18.8 Å². The Morgan fingerprint density at radius 3 is 1.92 bits per heavy atom. The number of esters is 1. The minimum absolute atomic E-state index is 0.0247. The highest BCUT2D eigenvalue weighted by Crippen LogP contribution is 2.24. The molecule has 0 aromatic heterocycles. The molecule has 1 aromatic rings. The van der Waals surface area contributed by atoms with Crippen molar-refractivity contribution in [3.63, 3.8) is 0 Å². The largest absolute Gasteiger partial charge is 0.462 e. The molecule has 3 nitrogen and oxygen atoms in total. The number of fused-ring (bicyclic) bond motifs is 1. The summed E-state index contributed by atoms with van der Waals surface area (Å²) in [6, 6.07) is 8.13. The summed E-state index contributed by atoms with van der Waals surface area (Å²) < 4.78 is 5.35. The number of ketones is 1. The summed E-state index contributed by atoms with van der Waals surface area (Å²) in [5, 5.41) is 0. The van der Waals surface area contributed by atoms with Crippen LogP contribution in [-0.4, -0.2) is 29.4 Å². The smallest absolute Gasteiger partial charge is 0.306 e. The van der Waals surface area contributed by atoms with E-state index in [2.05, 4.69) is 19.1 Å². The molecule has 3 rings (SSSR count). The Balaban J connectivity index is 0.000000309. The maximum atomic E-state index is 11.5. The van der Waals surface area contributed by atoms with E-state index in [1.54, 1.807) is 0 Å². The summed E-state index contributed by atoms with van der Waals surface area (Å²) >= 11 is 2.05. The van der Waals surface area contributed by atoms with Gasteiger partial charge in [-0.3, -0.25) is 4.79 Å². The molecule has 0 amide bonds. The maximum absolute atomic E-state index is 11.5. The number of ether oxygens (including phenoxy) is 1. The molecule has 1 heterocycles. The number of hydrogen-bond donors (Lipinski definition) is 0. The number of allylic oxidation sites excluding steroid dienone is 2. The first-order chi connectivity index (χ1) is 12.5. The fourth-order valence-electron chi connectivity index (χ4n) is 2.48. The fourth-order valence-corrected chi connectivity index (χ4v) is 3.19. The number of Topliss-reactive ketones (excluding diaryl/α,β-unsaturated/α-hetero) is 1. The lowest BCUT2D eigenvalue weighted by molar-refractivity contribution is -0.149. The SMILES string of the molecule is C/C=C\C.CC(=O)CCC(=O)OC1Cc2ccccc2C1.CC1CSC1. The van der Waals surface area contributed by atoms with Crippen molar-refractivity contribution in [1.29, 1.82) is 0 Å². The van der Waals surface area contributed by atoms with E-state index in [1.165, 1.54) is 29.6 Å². The summed E-state index contributed by atoms with van der Waals surface area (Å²) in [5.74, 6) is 3.59. The standard InChI is InChI=1S/C14H16O3.C4H8S.C4H8/c1-10(15)6-7-14(16)17-13-8-11-4-2-3-5-12(11)9-13;1-4-2-5-3-4;1-3-4-2/h2-5,13H,6-9H2,1H3;4H,2-3H2,1H3;3-4H,1-2H3/b;;4-3-. The molecule has 1 fully saturated rings. The topological polar surface area (TPSA) is 43.4 Å². The van der Waals surface area contributed by atoms with Crippen molar-refractivity contribution in [2.24, 2.45) is 5.92 Å². The van der Waals surface area contributed by atoms with Gasteiger partial charge in [0.1, 0.15) is 11.9 Å². The molecule has 2 aliphatic rings. The van der Waals surface area contributed by atoms with Gasteiger partial charge in [-0.1, -0.05) is 43.3 Å². The molecule has 0 N–H and O–H groups in total. The van der Waals surface area contributed by atoms with Gasteiger partial charge in [-0.25, -0.2) is 0 Å². The van der Waals surface area contributed by atoms with Crippen molar-refractivity contribution in [2.45, 2.75) is 59.5 Å². The summed E-state index contributed by atoms with van der Waals surface area (Å²) in [6.07, 6.45) is 6.01. The number of rotatable bonds is 4. The molecule has 1 aliphatic heterocycles. The number of hydrogen-bond acceptors (Lipinski definition) is 4. The Labute approximate surface area is 162 Å². The average Bonchev–Trinajstić information content (AvgIpc) is 3.01. The predicted octanol–water partition coefficient (Wildman–Crippen LogP) is 5.02. The maximum Gasteiger partial charge on any atom is 0.306 e. The lowest BCUT2D eigenvalue weighted by Crippen LogP contribution is -2.18. The Morgan fingerprint density at radius 1 is 1.08 bits per heavy atom. The fraction of sp³-hybridized carbons (Fsp3) is 0.545. The van der Waals surface area contributed by atoms with E-state index in [0.29, 0.717) is 0 Å². The highest BCUT2D eigenvalue weighted by atomic mass is 32.2. The summed E-state index contributed by atoms with van der Waals surface area (Å²) in [7, 11) is 0. The van der Waals surface area contributed by atoms with Crippen LogP contribution in [-0.2, 0) is 27.2 Å². The molecule has 26 heavy (non-hydrogen) atoms. The molecule has 1 aliphatic carbocycles. The van der Waals surface area contributed by atoms with E-state index in [1.807, 2.05) is 49.9 Å². The normalized spacial score (nSPS) is 15.8. The third-order valence-electron chi connectivity index (χ3n) is 4.13. The van der Waals surface area contributed by atoms with Gasteiger partial charge in [0.25, 0.3) is 0 Å². The second-order valence-electron chi connectivity index (χ2n) is 6.80. The number of thioether (sulfide) groups is 1. The number of carbonyl (C=O) groups excluding carboxylic acids is 2. The third-order valence-corrected chi connectivity index (χ3v) is 5.74. The molecule has 0 saturated carbocycles. The van der Waals surface area contributed by atoms with Gasteiger partial charge in [0.05, 0.1) is 6.42 Å². The van der Waals surface area contributed by atoms with Crippen LogP contribution in [0.15, 0.2) is 36.4 Å². The van der Waals surface area contributed by atoms with E-state index in [-0.39, 0.29) is 30.7 Å². The molecular weight excluding hydrogens is 344 g/mol. The first-order valence-corrected chi connectivity index (χ1v) is 10.5. The molecule has 0 atom stereocenters. The highest BCUT2D eigenvalue weighted by molar-refractivity contribution is 8.00. The van der Waals surface area contributed by atoms with Gasteiger partial charge in [0, 0.05) is 19.3 Å². The first-order valence-electron chi connectivity index (χ1n) is 9.37. The molecule has 4 heteroatoms. The van der Waals surface area contributed by atoms with Gasteiger partial charge in [-0.15, -0.1) is 0 Å². The minimum atomic E-state index is -0.266. The lowest BCUT2D eigenvalue weighted by Gasteiger charge is -2.18. The Kier molecular flexibility index (Phi) is 11.0. The molecular formula is C22H32O3S. The Morgan fingerprint density at radius 2 is 1.58 bits per heavy atom. The number of benzene rings is 1. The van der Waals surface area contributed by atoms with E-state index in [4.69, 9.17) is 4.74 Å². The second-order valence-corrected chi connectivity index (χ2v) is 7.88. The molecule has 0 unspecified atom stereocenters. The summed E-state index contributed by atoms with van der Waals surface area (Å²) in [4.78, 5) is 22.2. The van der Waals surface area contributed by atoms with Gasteiger partial charge in [-0.2, -0.15) is 11.8 Å². The van der Waals surface area contributed by atoms with E-state index < -0.39 is 0 Å². The number of carbonyl (C=O) groups is 2. The second kappa shape index (κ2) is 12.7. The van der Waals surface area contributed by atoms with E-state index >= 15 is 0 Å². The van der Waals surface area contributed by atoms with Gasteiger partial charge < -0.3 is 9.53 Å². The lowest BCUT2D eigenvalue weighted by atomic mass is 10.1.